The van der Waals surface area contributed by atoms with Gasteiger partial charge in [0, 0.05) is 35.0 Å². The predicted molar refractivity (Wildman–Crippen MR) is 113 cm³/mol. The van der Waals surface area contributed by atoms with Crippen molar-refractivity contribution in [1.82, 2.24) is 0 Å². The number of rotatable bonds is 3. The van der Waals surface area contributed by atoms with Crippen molar-refractivity contribution in [3.8, 4) is 5.75 Å². The fourth-order valence-electron chi connectivity index (χ4n) is 4.31. The molecule has 5 nitrogen and oxygen atoms in total. The highest BCUT2D eigenvalue weighted by Crippen LogP contribution is 2.43. The lowest BCUT2D eigenvalue weighted by Crippen LogP contribution is -2.39. The Morgan fingerprint density at radius 2 is 1.79 bits per heavy atom. The van der Waals surface area contributed by atoms with Crippen molar-refractivity contribution in [1.29, 1.82) is 0 Å². The second-order valence-electron chi connectivity index (χ2n) is 7.74. The first-order chi connectivity index (χ1) is 14.0. The molecule has 4 rings (SSSR count). The Bertz CT molecular complexity index is 1030. The highest BCUT2D eigenvalue weighted by Gasteiger charge is 2.42. The van der Waals surface area contributed by atoms with Gasteiger partial charge in [-0.15, -0.1) is 0 Å². The molecule has 2 aromatic carbocycles. The number of phenols is 1. The summed E-state index contributed by atoms with van der Waals surface area (Å²) < 4.78 is 0. The first kappa shape index (κ1) is 19.1. The van der Waals surface area contributed by atoms with Crippen LogP contribution in [0.4, 0.5) is 5.69 Å². The summed E-state index contributed by atoms with van der Waals surface area (Å²) in [6.45, 7) is 3.80. The highest BCUT2D eigenvalue weighted by molar-refractivity contribution is 6.13. The van der Waals surface area contributed by atoms with E-state index in [1.807, 2.05) is 38.1 Å². The fourth-order valence-corrected chi connectivity index (χ4v) is 4.31. The molecule has 29 heavy (non-hydrogen) atoms. The molecule has 2 atom stereocenters. The Morgan fingerprint density at radius 3 is 2.52 bits per heavy atom. The number of ketones is 1. The van der Waals surface area contributed by atoms with E-state index >= 15 is 0 Å². The lowest BCUT2D eigenvalue weighted by atomic mass is 9.71. The van der Waals surface area contributed by atoms with Gasteiger partial charge >= 0.3 is 0 Å². The molecule has 0 radical (unpaired) electrons. The number of hydrogen-bond donors (Lipinski definition) is 2. The number of carbonyl (C=O) groups is 2. The number of nitrogens with one attached hydrogen (secondary N) is 1. The van der Waals surface area contributed by atoms with Crippen LogP contribution in [0.1, 0.15) is 43.2 Å². The number of amides is 1. The molecule has 1 unspecified atom stereocenters. The van der Waals surface area contributed by atoms with Crippen LogP contribution in [0, 0.1) is 12.8 Å². The van der Waals surface area contributed by atoms with Crippen LogP contribution in [-0.2, 0) is 9.59 Å². The van der Waals surface area contributed by atoms with Crippen LogP contribution >= 0.6 is 0 Å². The van der Waals surface area contributed by atoms with E-state index in [9.17, 15) is 14.7 Å². The van der Waals surface area contributed by atoms with Gasteiger partial charge in [-0.1, -0.05) is 30.3 Å². The van der Waals surface area contributed by atoms with Gasteiger partial charge in [0.15, 0.2) is 5.78 Å². The molecule has 0 aromatic heterocycles. The lowest BCUT2D eigenvalue weighted by Gasteiger charge is -2.35. The smallest absolute Gasteiger partial charge is 0.234 e. The molecular formula is C24H24N2O3. The summed E-state index contributed by atoms with van der Waals surface area (Å²) in [6, 6.07) is 14.4. The minimum absolute atomic E-state index is 0.0641. The van der Waals surface area contributed by atoms with Crippen molar-refractivity contribution in [2.45, 2.75) is 39.0 Å². The normalized spacial score (nSPS) is 21.4. The Balaban J connectivity index is 1.78. The summed E-state index contributed by atoms with van der Waals surface area (Å²) in [4.78, 5) is 30.9. The van der Waals surface area contributed by atoms with Crippen LogP contribution in [0.3, 0.4) is 0 Å². The van der Waals surface area contributed by atoms with E-state index < -0.39 is 11.8 Å². The van der Waals surface area contributed by atoms with Gasteiger partial charge in [0.1, 0.15) is 5.75 Å². The van der Waals surface area contributed by atoms with E-state index in [1.54, 1.807) is 24.3 Å². The number of phenolic OH excluding ortho intramolecular Hbond substituents is 1. The number of para-hydroxylation sites is 1. The van der Waals surface area contributed by atoms with Gasteiger partial charge in [-0.25, -0.2) is 0 Å². The molecule has 0 saturated heterocycles. The van der Waals surface area contributed by atoms with Crippen LogP contribution in [0.15, 0.2) is 64.8 Å². The number of anilines is 1. The molecule has 148 valence electrons. The van der Waals surface area contributed by atoms with Gasteiger partial charge < -0.3 is 10.4 Å². The van der Waals surface area contributed by atoms with Crippen molar-refractivity contribution in [2.75, 3.05) is 5.32 Å². The molecule has 2 aliphatic rings. The van der Waals surface area contributed by atoms with Crippen LogP contribution in [-0.4, -0.2) is 22.5 Å². The lowest BCUT2D eigenvalue weighted by molar-refractivity contribution is -0.119. The summed E-state index contributed by atoms with van der Waals surface area (Å²) in [6.07, 6.45) is 2.02. The largest absolute Gasteiger partial charge is 0.508 e. The highest BCUT2D eigenvalue weighted by atomic mass is 16.3. The maximum Gasteiger partial charge on any atom is 0.234 e. The minimum Gasteiger partial charge on any atom is -0.508 e. The molecule has 0 saturated carbocycles. The van der Waals surface area contributed by atoms with Gasteiger partial charge in [0.25, 0.3) is 0 Å². The number of aliphatic imine (C=N–C) groups is 1. The van der Waals surface area contributed by atoms with E-state index in [0.29, 0.717) is 17.7 Å². The maximum absolute atomic E-state index is 13.4. The number of aromatic hydroxyl groups is 1. The third-order valence-electron chi connectivity index (χ3n) is 5.77. The Labute approximate surface area is 170 Å². The van der Waals surface area contributed by atoms with Crippen LogP contribution in [0.5, 0.6) is 5.75 Å². The van der Waals surface area contributed by atoms with Crippen LogP contribution in [0.25, 0.3) is 0 Å². The third kappa shape index (κ3) is 3.60. The van der Waals surface area contributed by atoms with Crippen LogP contribution < -0.4 is 5.32 Å². The number of allylic oxidation sites excluding steroid dienone is 2. The van der Waals surface area contributed by atoms with E-state index in [-0.39, 0.29) is 17.4 Å². The summed E-state index contributed by atoms with van der Waals surface area (Å²) >= 11 is 0. The zero-order chi connectivity index (χ0) is 20.5. The number of benzene rings is 2. The Kier molecular flexibility index (Phi) is 5.05. The van der Waals surface area contributed by atoms with Gasteiger partial charge in [-0.2, -0.15) is 0 Å². The molecule has 0 spiro atoms. The van der Waals surface area contributed by atoms with Crippen molar-refractivity contribution in [3.05, 3.63) is 70.9 Å². The number of hydrogen-bond acceptors (Lipinski definition) is 4. The first-order valence-corrected chi connectivity index (χ1v) is 9.92. The molecule has 0 bridgehead atoms. The van der Waals surface area contributed by atoms with Gasteiger partial charge in [-0.05, 0) is 56.0 Å². The molecule has 1 amide bonds. The van der Waals surface area contributed by atoms with E-state index in [1.165, 1.54) is 0 Å². The first-order valence-electron chi connectivity index (χ1n) is 9.92. The Morgan fingerprint density at radius 1 is 1.07 bits per heavy atom. The maximum atomic E-state index is 13.4. The van der Waals surface area contributed by atoms with Gasteiger partial charge in [0.2, 0.25) is 5.91 Å². The second-order valence-corrected chi connectivity index (χ2v) is 7.74. The fraction of sp³-hybridized carbons (Fsp3) is 0.292. The second kappa shape index (κ2) is 7.66. The molecule has 1 heterocycles. The number of nitrogens with zero attached hydrogens (tertiary/aromatic N) is 1. The van der Waals surface area contributed by atoms with Gasteiger partial charge in [-0.3, -0.25) is 14.6 Å². The molecule has 1 aliphatic carbocycles. The Hall–Kier alpha value is -3.21. The molecule has 2 N–H and O–H groups in total. The minimum atomic E-state index is -0.583. The summed E-state index contributed by atoms with van der Waals surface area (Å²) in [5.41, 5.74) is 4.73. The summed E-state index contributed by atoms with van der Waals surface area (Å²) in [5, 5.41) is 12.7. The number of Topliss-reactive ketones (excluding diaryl/α,β-unsaturated/α-hetero) is 1. The zero-order valence-corrected chi connectivity index (χ0v) is 16.6. The zero-order valence-electron chi connectivity index (χ0n) is 16.6. The standard InChI is InChI=1S/C24H24N2O3/c1-14-6-3-4-7-18(14)26-24(29)21-15(2)25-19-8-5-9-20(28)23(19)22(21)16-10-12-17(27)13-11-16/h3-4,6-7,10-13,21-22,27H,5,8-9H2,1-2H3,(H,26,29)/t21?,22-/m0/s1. The van der Waals surface area contributed by atoms with Gasteiger partial charge in [0.05, 0.1) is 5.92 Å². The van der Waals surface area contributed by atoms with E-state index in [0.717, 1.165) is 35.4 Å². The monoisotopic (exact) mass is 388 g/mol. The quantitative estimate of drug-likeness (QED) is 0.811. The average Bonchev–Trinajstić information content (AvgIpc) is 2.69. The molecular weight excluding hydrogens is 364 g/mol. The SMILES string of the molecule is CC1=NC2=C(C(=O)CCC2)[C@@H](c2ccc(O)cc2)C1C(=O)Nc1ccccc1C. The molecule has 0 fully saturated rings. The summed E-state index contributed by atoms with van der Waals surface area (Å²) in [7, 11) is 0. The van der Waals surface area contributed by atoms with E-state index in [2.05, 4.69) is 10.3 Å². The molecule has 1 aliphatic heterocycles. The average molecular weight is 388 g/mol. The number of aryl methyl sites for hydroxylation is 1. The van der Waals surface area contributed by atoms with Crippen molar-refractivity contribution < 1.29 is 14.7 Å². The van der Waals surface area contributed by atoms with E-state index in [4.69, 9.17) is 0 Å². The predicted octanol–water partition coefficient (Wildman–Crippen LogP) is 4.52. The summed E-state index contributed by atoms with van der Waals surface area (Å²) in [5.74, 6) is -0.947. The molecule has 2 aromatic rings. The molecule has 5 heteroatoms. The van der Waals surface area contributed by atoms with Crippen molar-refractivity contribution in [2.24, 2.45) is 10.9 Å². The van der Waals surface area contributed by atoms with Crippen molar-refractivity contribution >= 4 is 23.1 Å². The topological polar surface area (TPSA) is 78.8 Å². The van der Waals surface area contributed by atoms with Crippen molar-refractivity contribution in [3.63, 3.8) is 0 Å². The third-order valence-corrected chi connectivity index (χ3v) is 5.77. The van der Waals surface area contributed by atoms with Crippen LogP contribution in [0.2, 0.25) is 0 Å². The number of carbonyl (C=O) groups excluding carboxylic acids is 2.